The fraction of sp³-hybridized carbons (Fsp3) is 0.400. The minimum Gasteiger partial charge on any atom is -0.489 e. The lowest BCUT2D eigenvalue weighted by atomic mass is 10.2. The summed E-state index contributed by atoms with van der Waals surface area (Å²) in [5, 5.41) is 0. The van der Waals surface area contributed by atoms with Gasteiger partial charge in [0.15, 0.2) is 0 Å². The van der Waals surface area contributed by atoms with Crippen LogP contribution in [0, 0.1) is 11.6 Å². The van der Waals surface area contributed by atoms with Crippen LogP contribution in [-0.2, 0) is 0 Å². The predicted molar refractivity (Wildman–Crippen MR) is 50.1 cm³/mol. The average Bonchev–Trinajstić information content (AvgIpc) is 2.01. The number of rotatable bonds is 3. The van der Waals surface area contributed by atoms with E-state index in [1.807, 2.05) is 0 Å². The third-order valence-electron chi connectivity index (χ3n) is 1.90. The monoisotopic (exact) mass is 201 g/mol. The third kappa shape index (κ3) is 2.96. The highest BCUT2D eigenvalue weighted by Gasteiger charge is 2.10. The topological polar surface area (TPSA) is 35.2 Å². The van der Waals surface area contributed by atoms with Gasteiger partial charge in [0.05, 0.1) is 0 Å². The molecule has 0 saturated heterocycles. The highest BCUT2D eigenvalue weighted by Crippen LogP contribution is 2.17. The molecule has 0 aliphatic carbocycles. The smallest absolute Gasteiger partial charge is 0.129 e. The lowest BCUT2D eigenvalue weighted by Gasteiger charge is -2.17. The van der Waals surface area contributed by atoms with Crippen LogP contribution in [0.25, 0.3) is 0 Å². The van der Waals surface area contributed by atoms with Crippen molar-refractivity contribution in [1.82, 2.24) is 0 Å². The van der Waals surface area contributed by atoms with E-state index in [1.54, 1.807) is 13.8 Å². The number of halogens is 2. The van der Waals surface area contributed by atoms with Gasteiger partial charge >= 0.3 is 0 Å². The molecular formula is C10H13F2NO. The highest BCUT2D eigenvalue weighted by molar-refractivity contribution is 5.24. The van der Waals surface area contributed by atoms with E-state index in [0.29, 0.717) is 0 Å². The second-order valence-corrected chi connectivity index (χ2v) is 3.29. The second-order valence-electron chi connectivity index (χ2n) is 3.29. The molecule has 0 saturated carbocycles. The van der Waals surface area contributed by atoms with Gasteiger partial charge in [-0.15, -0.1) is 0 Å². The van der Waals surface area contributed by atoms with Gasteiger partial charge in [0.25, 0.3) is 0 Å². The van der Waals surface area contributed by atoms with Crippen molar-refractivity contribution in [2.75, 3.05) is 0 Å². The maximum absolute atomic E-state index is 12.7. The first-order chi connectivity index (χ1) is 6.49. The molecule has 0 aromatic heterocycles. The summed E-state index contributed by atoms with van der Waals surface area (Å²) < 4.78 is 30.7. The van der Waals surface area contributed by atoms with Crippen LogP contribution in [0.15, 0.2) is 18.2 Å². The predicted octanol–water partition coefficient (Wildman–Crippen LogP) is 2.08. The zero-order valence-corrected chi connectivity index (χ0v) is 8.13. The van der Waals surface area contributed by atoms with E-state index in [-0.39, 0.29) is 17.9 Å². The summed E-state index contributed by atoms with van der Waals surface area (Å²) in [4.78, 5) is 0. The maximum atomic E-state index is 12.7. The zero-order valence-electron chi connectivity index (χ0n) is 8.13. The van der Waals surface area contributed by atoms with Crippen LogP contribution in [0.5, 0.6) is 5.75 Å². The molecule has 0 heterocycles. The van der Waals surface area contributed by atoms with E-state index in [2.05, 4.69) is 0 Å². The molecule has 1 aromatic rings. The Labute approximate surface area is 81.7 Å². The molecule has 0 spiro atoms. The Morgan fingerprint density at radius 1 is 1.14 bits per heavy atom. The Kier molecular flexibility index (Phi) is 3.41. The molecule has 0 radical (unpaired) electrons. The second kappa shape index (κ2) is 4.37. The van der Waals surface area contributed by atoms with Gasteiger partial charge < -0.3 is 10.5 Å². The van der Waals surface area contributed by atoms with Crippen LogP contribution in [0.4, 0.5) is 8.78 Å². The van der Waals surface area contributed by atoms with E-state index in [0.717, 1.165) is 18.2 Å². The van der Waals surface area contributed by atoms with Gasteiger partial charge in [0, 0.05) is 24.2 Å². The van der Waals surface area contributed by atoms with E-state index in [1.165, 1.54) is 0 Å². The molecule has 0 fully saturated rings. The lowest BCUT2D eigenvalue weighted by Crippen LogP contribution is -2.33. The third-order valence-corrected chi connectivity index (χ3v) is 1.90. The zero-order chi connectivity index (χ0) is 10.7. The molecule has 0 amide bonds. The van der Waals surface area contributed by atoms with Crippen LogP contribution in [-0.4, -0.2) is 12.1 Å². The maximum Gasteiger partial charge on any atom is 0.129 e. The number of hydrogen-bond acceptors (Lipinski definition) is 2. The Balaban J connectivity index is 2.76. The Hall–Kier alpha value is -1.16. The summed E-state index contributed by atoms with van der Waals surface area (Å²) in [5.74, 6) is -1.15. The van der Waals surface area contributed by atoms with Gasteiger partial charge in [-0.1, -0.05) is 0 Å². The fourth-order valence-corrected chi connectivity index (χ4v) is 0.919. The van der Waals surface area contributed by atoms with Crippen LogP contribution in [0.3, 0.4) is 0 Å². The molecule has 1 aromatic carbocycles. The van der Waals surface area contributed by atoms with Crippen molar-refractivity contribution in [3.8, 4) is 5.75 Å². The van der Waals surface area contributed by atoms with Crippen LogP contribution in [0.1, 0.15) is 13.8 Å². The highest BCUT2D eigenvalue weighted by atomic mass is 19.1. The fourth-order valence-electron chi connectivity index (χ4n) is 0.919. The lowest BCUT2D eigenvalue weighted by molar-refractivity contribution is 0.195. The SMILES string of the molecule is CC(Oc1cc(F)cc(F)c1)[C@@H](C)N. The summed E-state index contributed by atoms with van der Waals surface area (Å²) in [6, 6.07) is 2.86. The summed E-state index contributed by atoms with van der Waals surface area (Å²) in [7, 11) is 0. The minimum atomic E-state index is -0.656. The van der Waals surface area contributed by atoms with E-state index >= 15 is 0 Å². The van der Waals surface area contributed by atoms with Gasteiger partial charge in [0.1, 0.15) is 23.5 Å². The molecule has 14 heavy (non-hydrogen) atoms. The Bertz CT molecular complexity index is 295. The summed E-state index contributed by atoms with van der Waals surface area (Å²) in [6.07, 6.45) is -0.281. The van der Waals surface area contributed by atoms with Crippen molar-refractivity contribution in [2.45, 2.75) is 26.0 Å². The van der Waals surface area contributed by atoms with Gasteiger partial charge in [-0.2, -0.15) is 0 Å². The molecular weight excluding hydrogens is 188 g/mol. The average molecular weight is 201 g/mol. The number of ether oxygens (including phenoxy) is 1. The largest absolute Gasteiger partial charge is 0.489 e. The Morgan fingerprint density at radius 3 is 2.07 bits per heavy atom. The van der Waals surface area contributed by atoms with Crippen molar-refractivity contribution in [3.05, 3.63) is 29.8 Å². The number of hydrogen-bond donors (Lipinski definition) is 1. The summed E-state index contributed by atoms with van der Waals surface area (Å²) in [6.45, 7) is 3.51. The van der Waals surface area contributed by atoms with Gasteiger partial charge in [-0.05, 0) is 13.8 Å². The molecule has 0 bridgehead atoms. The molecule has 78 valence electrons. The molecule has 2 N–H and O–H groups in total. The number of nitrogens with two attached hydrogens (primary N) is 1. The normalized spacial score (nSPS) is 14.9. The van der Waals surface area contributed by atoms with Crippen LogP contribution >= 0.6 is 0 Å². The van der Waals surface area contributed by atoms with Crippen LogP contribution in [0.2, 0.25) is 0 Å². The van der Waals surface area contributed by atoms with Crippen LogP contribution < -0.4 is 10.5 Å². The molecule has 0 aliphatic rings. The van der Waals surface area contributed by atoms with Gasteiger partial charge in [-0.25, -0.2) is 8.78 Å². The van der Waals surface area contributed by atoms with Crippen molar-refractivity contribution in [2.24, 2.45) is 5.73 Å². The van der Waals surface area contributed by atoms with Crippen molar-refractivity contribution >= 4 is 0 Å². The van der Waals surface area contributed by atoms with Gasteiger partial charge in [-0.3, -0.25) is 0 Å². The Morgan fingerprint density at radius 2 is 1.64 bits per heavy atom. The molecule has 2 atom stereocenters. The first kappa shape index (κ1) is 10.9. The van der Waals surface area contributed by atoms with E-state index in [4.69, 9.17) is 10.5 Å². The van der Waals surface area contributed by atoms with E-state index < -0.39 is 11.6 Å². The number of benzene rings is 1. The molecule has 1 unspecified atom stereocenters. The molecule has 1 rings (SSSR count). The molecule has 0 aliphatic heterocycles. The van der Waals surface area contributed by atoms with E-state index in [9.17, 15) is 8.78 Å². The van der Waals surface area contributed by atoms with Gasteiger partial charge in [0.2, 0.25) is 0 Å². The first-order valence-corrected chi connectivity index (χ1v) is 4.37. The van der Waals surface area contributed by atoms with Crippen molar-refractivity contribution in [3.63, 3.8) is 0 Å². The molecule has 2 nitrogen and oxygen atoms in total. The van der Waals surface area contributed by atoms with Crippen molar-refractivity contribution in [1.29, 1.82) is 0 Å². The van der Waals surface area contributed by atoms with Crippen molar-refractivity contribution < 1.29 is 13.5 Å². The quantitative estimate of drug-likeness (QED) is 0.812. The first-order valence-electron chi connectivity index (χ1n) is 4.37. The minimum absolute atomic E-state index is 0.160. The standard InChI is InChI=1S/C10H13F2NO/c1-6(13)7(2)14-10-4-8(11)3-9(12)5-10/h3-7H,13H2,1-2H3/t6-,7?/m1/s1. The summed E-state index contributed by atoms with van der Waals surface area (Å²) >= 11 is 0. The summed E-state index contributed by atoms with van der Waals surface area (Å²) in [5.41, 5.74) is 5.55. The molecule has 4 heteroatoms.